The SMILES string of the molecule is C#C[C@@H](O)[C@H]1O[C@@H](n2ccc(=O)c3c(N)ncnc32)[C@H](O)[C@@H]1O. The molecule has 0 aromatic carbocycles. The maximum Gasteiger partial charge on any atom is 0.194 e. The third-order valence-electron chi connectivity index (χ3n) is 3.77. The van der Waals surface area contributed by atoms with Crippen LogP contribution < -0.4 is 11.2 Å². The normalized spacial score (nSPS) is 28.6. The molecule has 9 heteroatoms. The number of hydrogen-bond acceptors (Lipinski definition) is 8. The van der Waals surface area contributed by atoms with E-state index in [2.05, 4.69) is 9.97 Å². The zero-order valence-electron chi connectivity index (χ0n) is 11.8. The number of nitrogens with two attached hydrogens (primary N) is 1. The van der Waals surface area contributed by atoms with Gasteiger partial charge >= 0.3 is 0 Å². The Morgan fingerprint density at radius 1 is 1.39 bits per heavy atom. The minimum absolute atomic E-state index is 0.0115. The molecule has 1 saturated heterocycles. The average molecular weight is 318 g/mol. The van der Waals surface area contributed by atoms with Crippen molar-refractivity contribution in [2.45, 2.75) is 30.6 Å². The molecule has 23 heavy (non-hydrogen) atoms. The van der Waals surface area contributed by atoms with Gasteiger partial charge in [0.05, 0.1) is 0 Å². The minimum atomic E-state index is -1.40. The second kappa shape index (κ2) is 5.60. The first-order valence-electron chi connectivity index (χ1n) is 6.73. The highest BCUT2D eigenvalue weighted by molar-refractivity contribution is 5.84. The molecule has 3 heterocycles. The van der Waals surface area contributed by atoms with Crippen LogP contribution in [0.5, 0.6) is 0 Å². The Bertz CT molecular complexity index is 845. The van der Waals surface area contributed by atoms with Crippen molar-refractivity contribution in [3.05, 3.63) is 28.8 Å². The number of fused-ring (bicyclic) bond motifs is 1. The minimum Gasteiger partial charge on any atom is -0.387 e. The number of aliphatic hydroxyl groups excluding tert-OH is 3. The fourth-order valence-corrected chi connectivity index (χ4v) is 2.60. The molecule has 2 aromatic rings. The van der Waals surface area contributed by atoms with Gasteiger partial charge in [-0.3, -0.25) is 4.79 Å². The van der Waals surface area contributed by atoms with Crippen molar-refractivity contribution < 1.29 is 20.1 Å². The lowest BCUT2D eigenvalue weighted by molar-refractivity contribution is -0.0673. The molecule has 5 N–H and O–H groups in total. The molecule has 0 amide bonds. The average Bonchev–Trinajstić information content (AvgIpc) is 2.83. The summed E-state index contributed by atoms with van der Waals surface area (Å²) in [6.45, 7) is 0. The number of ether oxygens (including phenoxy) is 1. The molecule has 1 fully saturated rings. The van der Waals surface area contributed by atoms with Crippen LogP contribution in [0.1, 0.15) is 6.23 Å². The van der Waals surface area contributed by atoms with E-state index >= 15 is 0 Å². The van der Waals surface area contributed by atoms with Gasteiger partial charge in [-0.05, 0) is 0 Å². The van der Waals surface area contributed by atoms with Crippen LogP contribution >= 0.6 is 0 Å². The highest BCUT2D eigenvalue weighted by Crippen LogP contribution is 2.32. The molecule has 0 saturated carbocycles. The number of nitrogen functional groups attached to an aromatic ring is 1. The van der Waals surface area contributed by atoms with Crippen molar-refractivity contribution in [2.75, 3.05) is 5.73 Å². The van der Waals surface area contributed by atoms with Gasteiger partial charge < -0.3 is 30.4 Å². The number of hydrogen-bond donors (Lipinski definition) is 4. The van der Waals surface area contributed by atoms with Gasteiger partial charge in [0.15, 0.2) is 17.3 Å². The van der Waals surface area contributed by atoms with Gasteiger partial charge in [0.2, 0.25) is 0 Å². The summed E-state index contributed by atoms with van der Waals surface area (Å²) in [5.74, 6) is 2.03. The zero-order valence-corrected chi connectivity index (χ0v) is 11.8. The van der Waals surface area contributed by atoms with Crippen LogP contribution in [0.2, 0.25) is 0 Å². The van der Waals surface area contributed by atoms with E-state index in [1.54, 1.807) is 0 Å². The van der Waals surface area contributed by atoms with Gasteiger partial charge in [-0.2, -0.15) is 0 Å². The molecule has 0 radical (unpaired) electrons. The Morgan fingerprint density at radius 2 is 2.13 bits per heavy atom. The summed E-state index contributed by atoms with van der Waals surface area (Å²) in [5.41, 5.74) is 5.45. The molecule has 5 atom stereocenters. The Labute approximate surface area is 130 Å². The summed E-state index contributed by atoms with van der Waals surface area (Å²) < 4.78 is 6.82. The summed E-state index contributed by atoms with van der Waals surface area (Å²) >= 11 is 0. The van der Waals surface area contributed by atoms with E-state index < -0.39 is 30.6 Å². The van der Waals surface area contributed by atoms with Crippen LogP contribution in [0.25, 0.3) is 11.0 Å². The highest BCUT2D eigenvalue weighted by Gasteiger charge is 2.46. The van der Waals surface area contributed by atoms with E-state index in [4.69, 9.17) is 16.9 Å². The van der Waals surface area contributed by atoms with Gasteiger partial charge in [0.25, 0.3) is 0 Å². The van der Waals surface area contributed by atoms with E-state index in [-0.39, 0.29) is 22.3 Å². The maximum absolute atomic E-state index is 11.9. The molecule has 3 rings (SSSR count). The Kier molecular flexibility index (Phi) is 3.75. The zero-order chi connectivity index (χ0) is 16.7. The van der Waals surface area contributed by atoms with Crippen LogP contribution in [0.3, 0.4) is 0 Å². The van der Waals surface area contributed by atoms with Gasteiger partial charge in [-0.25, -0.2) is 9.97 Å². The Morgan fingerprint density at radius 3 is 2.83 bits per heavy atom. The van der Waals surface area contributed by atoms with Crippen LogP contribution in [0.15, 0.2) is 23.4 Å². The van der Waals surface area contributed by atoms with Gasteiger partial charge in [0.1, 0.15) is 41.9 Å². The number of nitrogens with zero attached hydrogens (tertiary/aromatic N) is 3. The smallest absolute Gasteiger partial charge is 0.194 e. The molecule has 1 aliphatic heterocycles. The van der Waals surface area contributed by atoms with Crippen molar-refractivity contribution in [2.24, 2.45) is 0 Å². The van der Waals surface area contributed by atoms with Gasteiger partial charge in [-0.1, -0.05) is 5.92 Å². The van der Waals surface area contributed by atoms with Gasteiger partial charge in [0, 0.05) is 12.3 Å². The van der Waals surface area contributed by atoms with Crippen LogP contribution in [0.4, 0.5) is 5.82 Å². The van der Waals surface area contributed by atoms with E-state index in [9.17, 15) is 20.1 Å². The molecule has 1 aliphatic rings. The molecule has 2 aromatic heterocycles. The van der Waals surface area contributed by atoms with Crippen molar-refractivity contribution in [1.82, 2.24) is 14.5 Å². The monoisotopic (exact) mass is 318 g/mol. The fraction of sp³-hybridized carbons (Fsp3) is 0.357. The first-order chi connectivity index (χ1) is 11.0. The lowest BCUT2D eigenvalue weighted by Gasteiger charge is -2.20. The number of anilines is 1. The summed E-state index contributed by atoms with van der Waals surface area (Å²) in [6, 6.07) is 1.22. The van der Waals surface area contributed by atoms with E-state index in [1.807, 2.05) is 5.92 Å². The predicted octanol–water partition coefficient (Wildman–Crippen LogP) is -2.01. The lowest BCUT2D eigenvalue weighted by Crippen LogP contribution is -2.37. The lowest BCUT2D eigenvalue weighted by atomic mass is 10.1. The predicted molar refractivity (Wildman–Crippen MR) is 79.0 cm³/mol. The number of rotatable bonds is 2. The highest BCUT2D eigenvalue weighted by atomic mass is 16.6. The van der Waals surface area contributed by atoms with Crippen molar-refractivity contribution >= 4 is 16.9 Å². The molecular weight excluding hydrogens is 304 g/mol. The van der Waals surface area contributed by atoms with E-state index in [0.717, 1.165) is 0 Å². The number of terminal acetylenes is 1. The van der Waals surface area contributed by atoms with Gasteiger partial charge in [-0.15, -0.1) is 6.42 Å². The quantitative estimate of drug-likeness (QED) is 0.465. The number of aliphatic hydroxyl groups is 3. The van der Waals surface area contributed by atoms with Crippen LogP contribution in [0, 0.1) is 12.3 Å². The molecule has 0 aliphatic carbocycles. The molecule has 0 spiro atoms. The second-order valence-corrected chi connectivity index (χ2v) is 5.13. The number of aromatic nitrogens is 3. The first-order valence-corrected chi connectivity index (χ1v) is 6.73. The summed E-state index contributed by atoms with van der Waals surface area (Å²) in [5, 5.41) is 29.9. The van der Waals surface area contributed by atoms with Crippen LogP contribution in [-0.4, -0.2) is 54.3 Å². The van der Waals surface area contributed by atoms with Crippen molar-refractivity contribution in [1.29, 1.82) is 0 Å². The Hall–Kier alpha value is -2.51. The molecule has 0 bridgehead atoms. The summed E-state index contributed by atoms with van der Waals surface area (Å²) in [6.07, 6.45) is 1.18. The molecule has 0 unspecified atom stereocenters. The molecule has 120 valence electrons. The summed E-state index contributed by atoms with van der Waals surface area (Å²) in [4.78, 5) is 19.7. The maximum atomic E-state index is 11.9. The van der Waals surface area contributed by atoms with Crippen molar-refractivity contribution in [3.63, 3.8) is 0 Å². The number of pyridine rings is 1. The topological polar surface area (TPSA) is 144 Å². The van der Waals surface area contributed by atoms with E-state index in [1.165, 1.54) is 23.2 Å². The molecular formula is C14H14N4O5. The summed E-state index contributed by atoms with van der Waals surface area (Å²) in [7, 11) is 0. The largest absolute Gasteiger partial charge is 0.387 e. The first kappa shape index (κ1) is 15.4. The standard InChI is InChI=1S/C14H14N4O5/c1-2-6(19)11-9(21)10(22)14(23-11)18-4-3-7(20)8-12(15)16-5-17-13(8)18/h1,3-6,9-11,14,19,21-22H,(H2,15,16,17)/t6-,9+,10-,11-,14-/m1/s1. The fourth-order valence-electron chi connectivity index (χ4n) is 2.60. The third-order valence-corrected chi connectivity index (χ3v) is 3.77. The molecule has 9 nitrogen and oxygen atoms in total. The Balaban J connectivity index is 2.12. The van der Waals surface area contributed by atoms with Crippen LogP contribution in [-0.2, 0) is 4.74 Å². The van der Waals surface area contributed by atoms with E-state index in [0.29, 0.717) is 0 Å². The van der Waals surface area contributed by atoms with Crippen molar-refractivity contribution in [3.8, 4) is 12.3 Å². The second-order valence-electron chi connectivity index (χ2n) is 5.13. The third kappa shape index (κ3) is 2.34.